The average Bonchev–Trinajstić information content (AvgIpc) is 2.26. The number of rotatable bonds is 5. The summed E-state index contributed by atoms with van der Waals surface area (Å²) in [6.45, 7) is 4.30. The van der Waals surface area contributed by atoms with Crippen LogP contribution in [0.5, 0.6) is 5.75 Å². The number of methoxy groups -OCH3 is 1. The standard InChI is InChI=1S/C12H16O3/c1-9-4-5-12(11(6-9)7-13)15-8-10(2)14-3/h4-7,10H,8H2,1-3H3. The first kappa shape index (κ1) is 11.7. The zero-order valence-electron chi connectivity index (χ0n) is 9.32. The molecule has 0 saturated carbocycles. The maximum atomic E-state index is 10.8. The Labute approximate surface area is 90.0 Å². The molecule has 1 aromatic carbocycles. The van der Waals surface area contributed by atoms with Crippen molar-refractivity contribution >= 4 is 6.29 Å². The van der Waals surface area contributed by atoms with E-state index < -0.39 is 0 Å². The number of ether oxygens (including phenoxy) is 2. The van der Waals surface area contributed by atoms with Gasteiger partial charge in [0.1, 0.15) is 12.4 Å². The second-order valence-electron chi connectivity index (χ2n) is 3.52. The molecule has 0 heterocycles. The van der Waals surface area contributed by atoms with Gasteiger partial charge in [0, 0.05) is 7.11 Å². The zero-order valence-corrected chi connectivity index (χ0v) is 9.32. The Morgan fingerprint density at radius 2 is 2.20 bits per heavy atom. The molecular formula is C12H16O3. The van der Waals surface area contributed by atoms with Gasteiger partial charge in [0.2, 0.25) is 0 Å². The Morgan fingerprint density at radius 3 is 2.80 bits per heavy atom. The van der Waals surface area contributed by atoms with E-state index in [1.807, 2.05) is 19.9 Å². The van der Waals surface area contributed by atoms with Crippen LogP contribution in [0.25, 0.3) is 0 Å². The summed E-state index contributed by atoms with van der Waals surface area (Å²) < 4.78 is 10.5. The molecule has 0 aliphatic heterocycles. The van der Waals surface area contributed by atoms with Gasteiger partial charge in [-0.1, -0.05) is 11.6 Å². The molecule has 1 unspecified atom stereocenters. The lowest BCUT2D eigenvalue weighted by molar-refractivity contribution is 0.0711. The molecule has 0 amide bonds. The molecule has 3 nitrogen and oxygen atoms in total. The maximum absolute atomic E-state index is 10.8. The summed E-state index contributed by atoms with van der Waals surface area (Å²) in [6.07, 6.45) is 0.825. The van der Waals surface area contributed by atoms with Crippen LogP contribution < -0.4 is 4.74 Å². The number of carbonyl (C=O) groups is 1. The summed E-state index contributed by atoms with van der Waals surface area (Å²) in [7, 11) is 1.63. The SMILES string of the molecule is COC(C)COc1ccc(C)cc1C=O. The lowest BCUT2D eigenvalue weighted by Gasteiger charge is -2.12. The van der Waals surface area contributed by atoms with E-state index in [1.165, 1.54) is 0 Å². The van der Waals surface area contributed by atoms with E-state index in [9.17, 15) is 4.79 Å². The van der Waals surface area contributed by atoms with E-state index >= 15 is 0 Å². The highest BCUT2D eigenvalue weighted by Gasteiger charge is 2.05. The first-order valence-corrected chi connectivity index (χ1v) is 4.88. The van der Waals surface area contributed by atoms with E-state index in [4.69, 9.17) is 9.47 Å². The molecule has 0 bridgehead atoms. The minimum atomic E-state index is 0.0193. The van der Waals surface area contributed by atoms with Crippen molar-refractivity contribution in [2.75, 3.05) is 13.7 Å². The van der Waals surface area contributed by atoms with E-state index in [1.54, 1.807) is 19.2 Å². The average molecular weight is 208 g/mol. The van der Waals surface area contributed by atoms with Gasteiger partial charge in [0.25, 0.3) is 0 Å². The van der Waals surface area contributed by atoms with Crippen LogP contribution in [0, 0.1) is 6.92 Å². The van der Waals surface area contributed by atoms with Crippen molar-refractivity contribution in [2.24, 2.45) is 0 Å². The van der Waals surface area contributed by atoms with Gasteiger partial charge in [-0.3, -0.25) is 4.79 Å². The van der Waals surface area contributed by atoms with Crippen LogP contribution >= 0.6 is 0 Å². The fourth-order valence-electron chi connectivity index (χ4n) is 1.17. The normalized spacial score (nSPS) is 12.2. The number of hydrogen-bond acceptors (Lipinski definition) is 3. The van der Waals surface area contributed by atoms with Crippen LogP contribution in [0.15, 0.2) is 18.2 Å². The molecule has 3 heteroatoms. The highest BCUT2D eigenvalue weighted by Crippen LogP contribution is 2.18. The smallest absolute Gasteiger partial charge is 0.153 e. The summed E-state index contributed by atoms with van der Waals surface area (Å²) >= 11 is 0. The van der Waals surface area contributed by atoms with Crippen LogP contribution in [-0.4, -0.2) is 26.1 Å². The predicted molar refractivity (Wildman–Crippen MR) is 58.5 cm³/mol. The number of aryl methyl sites for hydroxylation is 1. The van der Waals surface area contributed by atoms with Crippen molar-refractivity contribution in [2.45, 2.75) is 20.0 Å². The Bertz CT molecular complexity index is 334. The van der Waals surface area contributed by atoms with Crippen LogP contribution in [0.4, 0.5) is 0 Å². The molecule has 1 atom stereocenters. The number of benzene rings is 1. The molecule has 0 radical (unpaired) electrons. The van der Waals surface area contributed by atoms with Crippen LogP contribution in [0.2, 0.25) is 0 Å². The molecule has 1 rings (SSSR count). The summed E-state index contributed by atoms with van der Waals surface area (Å²) in [6, 6.07) is 5.53. The topological polar surface area (TPSA) is 35.5 Å². The summed E-state index contributed by atoms with van der Waals surface area (Å²) in [5, 5.41) is 0. The monoisotopic (exact) mass is 208 g/mol. The maximum Gasteiger partial charge on any atom is 0.153 e. The van der Waals surface area contributed by atoms with Crippen LogP contribution in [0.1, 0.15) is 22.8 Å². The van der Waals surface area contributed by atoms with Crippen molar-refractivity contribution in [3.8, 4) is 5.75 Å². The fourth-order valence-corrected chi connectivity index (χ4v) is 1.17. The molecule has 0 aliphatic rings. The summed E-state index contributed by atoms with van der Waals surface area (Å²) in [5.74, 6) is 0.611. The van der Waals surface area contributed by atoms with Gasteiger partial charge in [0.05, 0.1) is 11.7 Å². The zero-order chi connectivity index (χ0) is 11.3. The van der Waals surface area contributed by atoms with E-state index in [2.05, 4.69) is 0 Å². The lowest BCUT2D eigenvalue weighted by Crippen LogP contribution is -2.16. The highest BCUT2D eigenvalue weighted by molar-refractivity contribution is 5.79. The molecule has 0 fully saturated rings. The first-order valence-electron chi connectivity index (χ1n) is 4.88. The largest absolute Gasteiger partial charge is 0.490 e. The third-order valence-electron chi connectivity index (χ3n) is 2.17. The lowest BCUT2D eigenvalue weighted by atomic mass is 10.1. The quantitative estimate of drug-likeness (QED) is 0.696. The molecule has 0 aromatic heterocycles. The Balaban J connectivity index is 2.72. The molecule has 82 valence electrons. The van der Waals surface area contributed by atoms with Gasteiger partial charge in [-0.05, 0) is 26.0 Å². The number of carbonyl (C=O) groups excluding carboxylic acids is 1. The predicted octanol–water partition coefficient (Wildman–Crippen LogP) is 2.22. The fraction of sp³-hybridized carbons (Fsp3) is 0.417. The third kappa shape index (κ3) is 3.36. The Hall–Kier alpha value is -1.35. The van der Waals surface area contributed by atoms with Crippen molar-refractivity contribution in [1.82, 2.24) is 0 Å². The van der Waals surface area contributed by atoms with Gasteiger partial charge in [-0.2, -0.15) is 0 Å². The van der Waals surface area contributed by atoms with Crippen molar-refractivity contribution in [1.29, 1.82) is 0 Å². The van der Waals surface area contributed by atoms with Crippen molar-refractivity contribution < 1.29 is 14.3 Å². The van der Waals surface area contributed by atoms with Crippen molar-refractivity contribution in [3.05, 3.63) is 29.3 Å². The molecular weight excluding hydrogens is 192 g/mol. The summed E-state index contributed by atoms with van der Waals surface area (Å²) in [5.41, 5.74) is 1.63. The number of hydrogen-bond donors (Lipinski definition) is 0. The minimum Gasteiger partial charge on any atom is -0.490 e. The second-order valence-corrected chi connectivity index (χ2v) is 3.52. The van der Waals surface area contributed by atoms with Gasteiger partial charge < -0.3 is 9.47 Å². The molecule has 0 saturated heterocycles. The second kappa shape index (κ2) is 5.51. The van der Waals surface area contributed by atoms with Crippen LogP contribution in [-0.2, 0) is 4.74 Å². The van der Waals surface area contributed by atoms with Gasteiger partial charge in [0.15, 0.2) is 6.29 Å². The Morgan fingerprint density at radius 1 is 1.47 bits per heavy atom. The molecule has 0 N–H and O–H groups in total. The summed E-state index contributed by atoms with van der Waals surface area (Å²) in [4.78, 5) is 10.8. The molecule has 0 aliphatic carbocycles. The molecule has 15 heavy (non-hydrogen) atoms. The minimum absolute atomic E-state index is 0.0193. The first-order chi connectivity index (χ1) is 7.17. The van der Waals surface area contributed by atoms with Crippen LogP contribution in [0.3, 0.4) is 0 Å². The van der Waals surface area contributed by atoms with Gasteiger partial charge in [-0.15, -0.1) is 0 Å². The van der Waals surface area contributed by atoms with E-state index in [0.29, 0.717) is 17.9 Å². The van der Waals surface area contributed by atoms with Gasteiger partial charge >= 0.3 is 0 Å². The Kier molecular flexibility index (Phi) is 4.31. The number of aldehydes is 1. The van der Waals surface area contributed by atoms with E-state index in [-0.39, 0.29) is 6.10 Å². The van der Waals surface area contributed by atoms with E-state index in [0.717, 1.165) is 11.8 Å². The molecule has 0 spiro atoms. The third-order valence-corrected chi connectivity index (χ3v) is 2.17. The molecule has 1 aromatic rings. The van der Waals surface area contributed by atoms with Gasteiger partial charge in [-0.25, -0.2) is 0 Å². The highest BCUT2D eigenvalue weighted by atomic mass is 16.5. The van der Waals surface area contributed by atoms with Crippen molar-refractivity contribution in [3.63, 3.8) is 0 Å².